The van der Waals surface area contributed by atoms with E-state index in [0.717, 1.165) is 17.0 Å². The van der Waals surface area contributed by atoms with E-state index in [9.17, 15) is 4.79 Å². The van der Waals surface area contributed by atoms with Gasteiger partial charge in [0.05, 0.1) is 11.4 Å². The number of nitrogens with zero attached hydrogens (tertiary/aromatic N) is 3. The molecular weight excluding hydrogens is 244 g/mol. The van der Waals surface area contributed by atoms with Gasteiger partial charge in [-0.3, -0.25) is 10.1 Å². The van der Waals surface area contributed by atoms with Crippen LogP contribution in [0.1, 0.15) is 47.2 Å². The zero-order valence-electron chi connectivity index (χ0n) is 11.4. The summed E-state index contributed by atoms with van der Waals surface area (Å²) >= 11 is 0. The van der Waals surface area contributed by atoms with Crippen molar-refractivity contribution in [3.63, 3.8) is 0 Å². The standard InChI is InChI=1S/C13H16N4O2/c1-7(2)10-5-6-11(16-15-10)12(18)14-13-8(3)9(4)17-19-13/h5-7H,1-4H3,(H,14,18). The molecular formula is C13H16N4O2. The topological polar surface area (TPSA) is 80.9 Å². The number of carbonyl (C=O) groups excluding carboxylic acids is 1. The van der Waals surface area contributed by atoms with Gasteiger partial charge < -0.3 is 4.52 Å². The minimum absolute atomic E-state index is 0.248. The van der Waals surface area contributed by atoms with E-state index in [4.69, 9.17) is 4.52 Å². The van der Waals surface area contributed by atoms with Gasteiger partial charge in [-0.1, -0.05) is 19.0 Å². The van der Waals surface area contributed by atoms with Gasteiger partial charge in [-0.05, 0) is 31.9 Å². The van der Waals surface area contributed by atoms with Gasteiger partial charge in [0.25, 0.3) is 5.91 Å². The number of carbonyl (C=O) groups is 1. The lowest BCUT2D eigenvalue weighted by atomic mass is 10.1. The SMILES string of the molecule is Cc1noc(NC(=O)c2ccc(C(C)C)nn2)c1C. The fraction of sp³-hybridized carbons (Fsp3) is 0.385. The molecule has 2 aromatic rings. The molecule has 6 heteroatoms. The van der Waals surface area contributed by atoms with Crippen LogP contribution in [-0.2, 0) is 0 Å². The van der Waals surface area contributed by atoms with E-state index >= 15 is 0 Å². The molecule has 100 valence electrons. The fourth-order valence-corrected chi connectivity index (χ4v) is 1.47. The van der Waals surface area contributed by atoms with Crippen LogP contribution in [0.3, 0.4) is 0 Å². The highest BCUT2D eigenvalue weighted by Crippen LogP contribution is 2.18. The number of aryl methyl sites for hydroxylation is 1. The first-order chi connectivity index (χ1) is 8.99. The largest absolute Gasteiger partial charge is 0.338 e. The first kappa shape index (κ1) is 13.2. The number of rotatable bonds is 3. The van der Waals surface area contributed by atoms with Crippen molar-refractivity contribution < 1.29 is 9.32 Å². The van der Waals surface area contributed by atoms with Crippen LogP contribution in [0.25, 0.3) is 0 Å². The molecule has 0 saturated carbocycles. The van der Waals surface area contributed by atoms with Crippen LogP contribution in [0.15, 0.2) is 16.7 Å². The Hall–Kier alpha value is -2.24. The molecule has 0 bridgehead atoms. The molecule has 0 unspecified atom stereocenters. The van der Waals surface area contributed by atoms with Crippen molar-refractivity contribution in [3.8, 4) is 0 Å². The number of nitrogens with one attached hydrogen (secondary N) is 1. The van der Waals surface area contributed by atoms with E-state index in [0.29, 0.717) is 5.88 Å². The van der Waals surface area contributed by atoms with Crippen LogP contribution in [-0.4, -0.2) is 21.3 Å². The highest BCUT2D eigenvalue weighted by atomic mass is 16.5. The summed E-state index contributed by atoms with van der Waals surface area (Å²) in [6, 6.07) is 3.45. The first-order valence-electron chi connectivity index (χ1n) is 6.07. The van der Waals surface area contributed by atoms with Crippen molar-refractivity contribution >= 4 is 11.8 Å². The number of aromatic nitrogens is 3. The van der Waals surface area contributed by atoms with Gasteiger partial charge in [0.1, 0.15) is 0 Å². The van der Waals surface area contributed by atoms with Gasteiger partial charge in [-0.15, -0.1) is 5.10 Å². The quantitative estimate of drug-likeness (QED) is 0.916. The summed E-state index contributed by atoms with van der Waals surface area (Å²) in [4.78, 5) is 12.0. The molecule has 0 atom stereocenters. The normalized spacial score (nSPS) is 10.8. The molecule has 0 fully saturated rings. The average Bonchev–Trinajstić information content (AvgIpc) is 2.71. The minimum atomic E-state index is -0.359. The predicted molar refractivity (Wildman–Crippen MR) is 70.1 cm³/mol. The summed E-state index contributed by atoms with van der Waals surface area (Å²) in [6.07, 6.45) is 0. The summed E-state index contributed by atoms with van der Waals surface area (Å²) in [5.41, 5.74) is 2.65. The molecule has 2 heterocycles. The van der Waals surface area contributed by atoms with Crippen molar-refractivity contribution in [2.45, 2.75) is 33.6 Å². The Morgan fingerprint density at radius 2 is 2.00 bits per heavy atom. The van der Waals surface area contributed by atoms with Crippen LogP contribution >= 0.6 is 0 Å². The summed E-state index contributed by atoms with van der Waals surface area (Å²) in [5.74, 6) is 0.267. The van der Waals surface area contributed by atoms with Crippen LogP contribution in [0.5, 0.6) is 0 Å². The van der Waals surface area contributed by atoms with Crippen molar-refractivity contribution in [2.24, 2.45) is 0 Å². The molecule has 1 amide bonds. The van der Waals surface area contributed by atoms with Crippen molar-refractivity contribution in [3.05, 3.63) is 34.8 Å². The molecule has 2 aromatic heterocycles. The number of hydrogen-bond donors (Lipinski definition) is 1. The third-order valence-corrected chi connectivity index (χ3v) is 2.89. The molecule has 1 N–H and O–H groups in total. The second kappa shape index (κ2) is 5.17. The number of amides is 1. The molecule has 6 nitrogen and oxygen atoms in total. The summed E-state index contributed by atoms with van der Waals surface area (Å²) in [5, 5.41) is 14.3. The lowest BCUT2D eigenvalue weighted by Gasteiger charge is -2.04. The minimum Gasteiger partial charge on any atom is -0.338 e. The van der Waals surface area contributed by atoms with Gasteiger partial charge in [0.15, 0.2) is 5.69 Å². The zero-order chi connectivity index (χ0) is 14.0. The molecule has 2 rings (SSSR count). The van der Waals surface area contributed by atoms with Gasteiger partial charge in [-0.25, -0.2) is 0 Å². The third kappa shape index (κ3) is 2.78. The Bertz CT molecular complexity index is 587. The maximum Gasteiger partial charge on any atom is 0.278 e. The molecule has 19 heavy (non-hydrogen) atoms. The van der Waals surface area contributed by atoms with Crippen LogP contribution in [0, 0.1) is 13.8 Å². The Balaban J connectivity index is 2.14. The lowest BCUT2D eigenvalue weighted by Crippen LogP contribution is -2.15. The van der Waals surface area contributed by atoms with Gasteiger partial charge >= 0.3 is 0 Å². The van der Waals surface area contributed by atoms with Crippen molar-refractivity contribution in [2.75, 3.05) is 5.32 Å². The predicted octanol–water partition coefficient (Wildman–Crippen LogP) is 2.46. The molecule has 0 aliphatic carbocycles. The Labute approximate surface area is 111 Å². The monoisotopic (exact) mass is 260 g/mol. The highest BCUT2D eigenvalue weighted by molar-refractivity contribution is 6.02. The van der Waals surface area contributed by atoms with E-state index in [-0.39, 0.29) is 17.5 Å². The number of hydrogen-bond acceptors (Lipinski definition) is 5. The van der Waals surface area contributed by atoms with Crippen LogP contribution < -0.4 is 5.32 Å². The Morgan fingerprint density at radius 3 is 2.47 bits per heavy atom. The summed E-state index contributed by atoms with van der Waals surface area (Å²) in [6.45, 7) is 7.68. The maximum absolute atomic E-state index is 12.0. The third-order valence-electron chi connectivity index (χ3n) is 2.89. The Morgan fingerprint density at radius 1 is 1.26 bits per heavy atom. The lowest BCUT2D eigenvalue weighted by molar-refractivity contribution is 0.101. The fourth-order valence-electron chi connectivity index (χ4n) is 1.47. The van der Waals surface area contributed by atoms with E-state index in [1.54, 1.807) is 12.1 Å². The van der Waals surface area contributed by atoms with Crippen LogP contribution in [0.4, 0.5) is 5.88 Å². The van der Waals surface area contributed by atoms with Crippen molar-refractivity contribution in [1.82, 2.24) is 15.4 Å². The smallest absolute Gasteiger partial charge is 0.278 e. The maximum atomic E-state index is 12.0. The molecule has 0 saturated heterocycles. The molecule has 0 aromatic carbocycles. The summed E-state index contributed by atoms with van der Waals surface area (Å²) in [7, 11) is 0. The number of anilines is 1. The Kier molecular flexibility index (Phi) is 3.59. The van der Waals surface area contributed by atoms with Gasteiger partial charge in [0, 0.05) is 5.56 Å². The molecule has 0 radical (unpaired) electrons. The van der Waals surface area contributed by atoms with Crippen molar-refractivity contribution in [1.29, 1.82) is 0 Å². The molecule has 0 aliphatic rings. The second-order valence-corrected chi connectivity index (χ2v) is 4.67. The van der Waals surface area contributed by atoms with Crippen LogP contribution in [0.2, 0.25) is 0 Å². The van der Waals surface area contributed by atoms with E-state index in [2.05, 4.69) is 20.7 Å². The van der Waals surface area contributed by atoms with E-state index < -0.39 is 0 Å². The summed E-state index contributed by atoms with van der Waals surface area (Å²) < 4.78 is 5.02. The van der Waals surface area contributed by atoms with E-state index in [1.807, 2.05) is 27.7 Å². The van der Waals surface area contributed by atoms with Gasteiger partial charge in [-0.2, -0.15) is 5.10 Å². The van der Waals surface area contributed by atoms with E-state index in [1.165, 1.54) is 0 Å². The first-order valence-corrected chi connectivity index (χ1v) is 6.07. The molecule has 0 spiro atoms. The van der Waals surface area contributed by atoms with Gasteiger partial charge in [0.2, 0.25) is 5.88 Å². The molecule has 0 aliphatic heterocycles. The zero-order valence-corrected chi connectivity index (χ0v) is 11.4. The second-order valence-electron chi connectivity index (χ2n) is 4.67. The average molecular weight is 260 g/mol. The highest BCUT2D eigenvalue weighted by Gasteiger charge is 2.15.